The Balaban J connectivity index is 2.45. The summed E-state index contributed by atoms with van der Waals surface area (Å²) < 4.78 is 0. The molecule has 71 valence electrons. The molecule has 2 heteroatoms. The molecule has 1 unspecified atom stereocenters. The van der Waals surface area contributed by atoms with Gasteiger partial charge >= 0.3 is 0 Å². The molecule has 1 aliphatic carbocycles. The number of rotatable bonds is 2. The minimum Gasteiger partial charge on any atom is -0.167 e. The molecular weight excluding hydrogens is 184 g/mol. The molecule has 0 aromatic rings. The molecule has 0 N–H and O–H groups in total. The fourth-order valence-corrected chi connectivity index (χ4v) is 3.65. The van der Waals surface area contributed by atoms with E-state index in [1.165, 1.54) is 32.1 Å². The maximum absolute atomic E-state index is 6.44. The highest BCUT2D eigenvalue weighted by molar-refractivity contribution is 7.20. The first-order valence-electron chi connectivity index (χ1n) is 5.05. The van der Waals surface area contributed by atoms with Gasteiger partial charge in [0.25, 0.3) is 0 Å². The second kappa shape index (κ2) is 4.14. The summed E-state index contributed by atoms with van der Waals surface area (Å²) in [7, 11) is -1.41. The Morgan fingerprint density at radius 2 is 1.67 bits per heavy atom. The van der Waals surface area contributed by atoms with Crippen LogP contribution in [0, 0.1) is 5.92 Å². The highest BCUT2D eigenvalue weighted by Gasteiger charge is 2.33. The Kier molecular flexibility index (Phi) is 3.66. The van der Waals surface area contributed by atoms with Gasteiger partial charge in [-0.05, 0) is 24.3 Å². The first-order valence-corrected chi connectivity index (χ1v) is 9.14. The molecule has 0 spiro atoms. The maximum Gasteiger partial charge on any atom is 0.153 e. The van der Waals surface area contributed by atoms with Gasteiger partial charge in [-0.3, -0.25) is 0 Å². The minimum atomic E-state index is -1.41. The summed E-state index contributed by atoms with van der Waals surface area (Å²) in [5.41, 5.74) is 0.722. The normalized spacial score (nSPS) is 24.0. The number of hydrogen-bond acceptors (Lipinski definition) is 0. The zero-order valence-corrected chi connectivity index (χ0v) is 10.2. The van der Waals surface area contributed by atoms with Gasteiger partial charge in [-0.15, -0.1) is 0 Å². The molecule has 0 saturated heterocycles. The fourth-order valence-electron chi connectivity index (χ4n) is 1.92. The van der Waals surface area contributed by atoms with E-state index in [-0.39, 0.29) is 0 Å². The van der Waals surface area contributed by atoms with Gasteiger partial charge in [0.1, 0.15) is 0 Å². The molecule has 1 rings (SSSR count). The predicted octanol–water partition coefficient (Wildman–Crippen LogP) is 4.36. The average Bonchev–Trinajstić information content (AvgIpc) is 2.03. The zero-order chi connectivity index (χ0) is 9.19. The summed E-state index contributed by atoms with van der Waals surface area (Å²) >= 11 is 6.44. The Bertz CT molecular complexity index is 133. The van der Waals surface area contributed by atoms with Gasteiger partial charge in [0.05, 0.1) is 0 Å². The van der Waals surface area contributed by atoms with Crippen LogP contribution in [0.15, 0.2) is 0 Å². The van der Waals surface area contributed by atoms with Crippen LogP contribution in [0.3, 0.4) is 0 Å². The highest BCUT2D eigenvalue weighted by atomic mass is 35.6. The largest absolute Gasteiger partial charge is 0.167 e. The van der Waals surface area contributed by atoms with E-state index in [9.17, 15) is 0 Å². The summed E-state index contributed by atoms with van der Waals surface area (Å²) in [4.78, 5) is 0. The van der Waals surface area contributed by atoms with E-state index >= 15 is 0 Å². The van der Waals surface area contributed by atoms with Crippen LogP contribution >= 0.6 is 11.1 Å². The van der Waals surface area contributed by atoms with Gasteiger partial charge in [-0.1, -0.05) is 39.3 Å². The van der Waals surface area contributed by atoms with Gasteiger partial charge in [-0.2, -0.15) is 11.1 Å². The van der Waals surface area contributed by atoms with Gasteiger partial charge in [0, 0.05) is 0 Å². The standard InChI is InChI=1S/C10H20ClSi/c1-9(12(2,3)11)10-7-5-4-6-8-10/h9H,4-8H2,1-3H3. The number of hydrogen-bond donors (Lipinski definition) is 0. The lowest BCUT2D eigenvalue weighted by atomic mass is 9.87. The van der Waals surface area contributed by atoms with E-state index in [2.05, 4.69) is 20.0 Å². The molecule has 0 heterocycles. The second-order valence-electron chi connectivity index (χ2n) is 4.51. The second-order valence-corrected chi connectivity index (χ2v) is 11.4. The third-order valence-electron chi connectivity index (χ3n) is 3.14. The summed E-state index contributed by atoms with van der Waals surface area (Å²) in [6.45, 7) is 6.86. The lowest BCUT2D eigenvalue weighted by Gasteiger charge is -2.33. The summed E-state index contributed by atoms with van der Waals surface area (Å²) in [5.74, 6) is 1.76. The molecular formula is C10H20ClSi. The molecule has 0 aliphatic heterocycles. The van der Waals surface area contributed by atoms with Crippen molar-refractivity contribution in [1.82, 2.24) is 0 Å². The molecule has 12 heavy (non-hydrogen) atoms. The zero-order valence-electron chi connectivity index (χ0n) is 8.49. The SMILES string of the molecule is CC([C]1CCCCC1)[Si](C)(C)Cl. The summed E-state index contributed by atoms with van der Waals surface area (Å²) in [5, 5.41) is 0. The smallest absolute Gasteiger partial charge is 0.153 e. The third kappa shape index (κ3) is 2.77. The first kappa shape index (κ1) is 10.6. The lowest BCUT2D eigenvalue weighted by molar-refractivity contribution is 0.512. The highest BCUT2D eigenvalue weighted by Crippen LogP contribution is 2.41. The van der Waals surface area contributed by atoms with E-state index in [1.54, 1.807) is 5.92 Å². The van der Waals surface area contributed by atoms with Crippen LogP contribution in [0.4, 0.5) is 0 Å². The molecule has 1 saturated carbocycles. The van der Waals surface area contributed by atoms with Crippen LogP contribution in [-0.2, 0) is 0 Å². The van der Waals surface area contributed by atoms with Crippen molar-refractivity contribution in [2.24, 2.45) is 0 Å². The molecule has 1 fully saturated rings. The first-order chi connectivity index (χ1) is 5.52. The van der Waals surface area contributed by atoms with E-state index < -0.39 is 7.38 Å². The van der Waals surface area contributed by atoms with Crippen LogP contribution in [0.1, 0.15) is 39.0 Å². The van der Waals surface area contributed by atoms with Crippen molar-refractivity contribution in [2.75, 3.05) is 0 Å². The fraction of sp³-hybridized carbons (Fsp3) is 0.900. The van der Waals surface area contributed by atoms with Crippen LogP contribution < -0.4 is 0 Å². The Morgan fingerprint density at radius 3 is 2.08 bits per heavy atom. The summed E-state index contributed by atoms with van der Waals surface area (Å²) in [6, 6.07) is 0. The Morgan fingerprint density at radius 1 is 1.17 bits per heavy atom. The van der Waals surface area contributed by atoms with Crippen LogP contribution in [0.5, 0.6) is 0 Å². The Hall–Kier alpha value is 0.507. The minimum absolute atomic E-state index is 0.722. The van der Waals surface area contributed by atoms with Crippen molar-refractivity contribution in [3.8, 4) is 0 Å². The molecule has 0 amide bonds. The molecule has 1 radical (unpaired) electrons. The van der Waals surface area contributed by atoms with Crippen molar-refractivity contribution < 1.29 is 0 Å². The summed E-state index contributed by atoms with van der Waals surface area (Å²) in [6.07, 6.45) is 6.94. The van der Waals surface area contributed by atoms with Gasteiger partial charge in [-0.25, -0.2) is 0 Å². The monoisotopic (exact) mass is 203 g/mol. The third-order valence-corrected chi connectivity index (χ3v) is 6.59. The molecule has 1 atom stereocenters. The number of halogens is 1. The van der Waals surface area contributed by atoms with Crippen LogP contribution in [0.2, 0.25) is 18.6 Å². The van der Waals surface area contributed by atoms with E-state index in [0.29, 0.717) is 0 Å². The molecule has 0 nitrogen and oxygen atoms in total. The van der Waals surface area contributed by atoms with E-state index in [1.807, 2.05) is 0 Å². The quantitative estimate of drug-likeness (QED) is 0.462. The van der Waals surface area contributed by atoms with E-state index in [0.717, 1.165) is 5.54 Å². The molecule has 0 aromatic heterocycles. The molecule has 1 aliphatic rings. The van der Waals surface area contributed by atoms with Crippen LogP contribution in [-0.4, -0.2) is 7.38 Å². The van der Waals surface area contributed by atoms with Gasteiger partial charge < -0.3 is 0 Å². The van der Waals surface area contributed by atoms with E-state index in [4.69, 9.17) is 11.1 Å². The average molecular weight is 204 g/mol. The molecule has 0 bridgehead atoms. The van der Waals surface area contributed by atoms with Crippen molar-refractivity contribution in [2.45, 2.75) is 57.7 Å². The van der Waals surface area contributed by atoms with Gasteiger partial charge in [0.15, 0.2) is 7.38 Å². The van der Waals surface area contributed by atoms with Crippen LogP contribution in [0.25, 0.3) is 0 Å². The van der Waals surface area contributed by atoms with Gasteiger partial charge in [0.2, 0.25) is 0 Å². The topological polar surface area (TPSA) is 0 Å². The van der Waals surface area contributed by atoms with Crippen molar-refractivity contribution in [3.05, 3.63) is 5.92 Å². The lowest BCUT2D eigenvalue weighted by Crippen LogP contribution is -2.29. The maximum atomic E-state index is 6.44. The molecule has 0 aromatic carbocycles. The Labute approximate surface area is 82.4 Å². The van der Waals surface area contributed by atoms with Crippen molar-refractivity contribution in [3.63, 3.8) is 0 Å². The predicted molar refractivity (Wildman–Crippen MR) is 59.1 cm³/mol. The van der Waals surface area contributed by atoms with Crippen molar-refractivity contribution in [1.29, 1.82) is 0 Å². The van der Waals surface area contributed by atoms with Crippen molar-refractivity contribution >= 4 is 18.5 Å².